The highest BCUT2D eigenvalue weighted by Crippen LogP contribution is 2.22. The number of rotatable bonds is 4. The van der Waals surface area contributed by atoms with Crippen LogP contribution in [0.3, 0.4) is 0 Å². The third-order valence-electron chi connectivity index (χ3n) is 2.48. The topological polar surface area (TPSA) is 90.0 Å². The first-order valence-electron chi connectivity index (χ1n) is 5.42. The van der Waals surface area contributed by atoms with Crippen LogP contribution in [0, 0.1) is 0 Å². The first kappa shape index (κ1) is 14.0. The number of anilines is 1. The molecule has 102 valence electrons. The van der Waals surface area contributed by atoms with Crippen LogP contribution >= 0.6 is 15.9 Å². The number of aromatic nitrogens is 2. The van der Waals surface area contributed by atoms with Crippen molar-refractivity contribution in [2.45, 2.75) is 11.4 Å². The number of sulfonamides is 1. The highest BCUT2D eigenvalue weighted by Gasteiger charge is 2.17. The Morgan fingerprint density at radius 3 is 2.79 bits per heavy atom. The van der Waals surface area contributed by atoms with Crippen LogP contribution in [0.25, 0.3) is 0 Å². The minimum atomic E-state index is -3.66. The van der Waals surface area contributed by atoms with E-state index in [4.69, 9.17) is 5.73 Å². The average Bonchev–Trinajstić information content (AvgIpc) is 2.76. The molecule has 0 atom stereocenters. The van der Waals surface area contributed by atoms with Crippen molar-refractivity contribution in [1.82, 2.24) is 14.5 Å². The van der Waals surface area contributed by atoms with E-state index >= 15 is 0 Å². The lowest BCUT2D eigenvalue weighted by Gasteiger charge is -2.08. The smallest absolute Gasteiger partial charge is 0.243 e. The minimum absolute atomic E-state index is 0.0535. The SMILES string of the molecule is Cn1ccc(CNS(=O)(=O)c2cc(Br)ccc2N)n1. The molecule has 0 unspecified atom stereocenters. The van der Waals surface area contributed by atoms with Crippen LogP contribution in [0.1, 0.15) is 5.69 Å². The average molecular weight is 345 g/mol. The van der Waals surface area contributed by atoms with Gasteiger partial charge < -0.3 is 5.73 Å². The van der Waals surface area contributed by atoms with Gasteiger partial charge in [0.15, 0.2) is 0 Å². The maximum atomic E-state index is 12.1. The molecule has 0 aliphatic heterocycles. The van der Waals surface area contributed by atoms with Gasteiger partial charge in [0.1, 0.15) is 4.90 Å². The van der Waals surface area contributed by atoms with Crippen molar-refractivity contribution in [3.05, 3.63) is 40.6 Å². The Kier molecular flexibility index (Phi) is 3.93. The molecule has 0 spiro atoms. The fraction of sp³-hybridized carbons (Fsp3) is 0.182. The summed E-state index contributed by atoms with van der Waals surface area (Å²) in [6, 6.07) is 6.44. The monoisotopic (exact) mass is 344 g/mol. The molecule has 1 aromatic carbocycles. The lowest BCUT2D eigenvalue weighted by molar-refractivity contribution is 0.580. The maximum Gasteiger partial charge on any atom is 0.243 e. The van der Waals surface area contributed by atoms with Crippen molar-refractivity contribution < 1.29 is 8.42 Å². The lowest BCUT2D eigenvalue weighted by atomic mass is 10.3. The van der Waals surface area contributed by atoms with Gasteiger partial charge in [-0.15, -0.1) is 0 Å². The molecule has 0 aliphatic rings. The van der Waals surface area contributed by atoms with Gasteiger partial charge in [-0.3, -0.25) is 4.68 Å². The summed E-state index contributed by atoms with van der Waals surface area (Å²) in [7, 11) is -1.89. The number of benzene rings is 1. The number of nitrogens with zero attached hydrogens (tertiary/aromatic N) is 2. The van der Waals surface area contributed by atoms with Crippen molar-refractivity contribution in [2.75, 3.05) is 5.73 Å². The lowest BCUT2D eigenvalue weighted by Crippen LogP contribution is -2.24. The van der Waals surface area contributed by atoms with Gasteiger partial charge in [0.25, 0.3) is 0 Å². The normalized spacial score (nSPS) is 11.7. The van der Waals surface area contributed by atoms with Gasteiger partial charge in [0.05, 0.1) is 17.9 Å². The number of nitrogen functional groups attached to an aromatic ring is 1. The van der Waals surface area contributed by atoms with E-state index in [1.165, 1.54) is 6.07 Å². The molecule has 0 fully saturated rings. The first-order chi connectivity index (χ1) is 8.88. The molecular weight excluding hydrogens is 332 g/mol. The van der Waals surface area contributed by atoms with Crippen molar-refractivity contribution >= 4 is 31.6 Å². The van der Waals surface area contributed by atoms with Crippen LogP contribution in [0.4, 0.5) is 5.69 Å². The van der Waals surface area contributed by atoms with Crippen LogP contribution in [-0.4, -0.2) is 18.2 Å². The fourth-order valence-corrected chi connectivity index (χ4v) is 3.21. The summed E-state index contributed by atoms with van der Waals surface area (Å²) in [4.78, 5) is 0.0535. The Bertz CT molecular complexity index is 696. The zero-order chi connectivity index (χ0) is 14.0. The van der Waals surface area contributed by atoms with Crippen LogP contribution in [-0.2, 0) is 23.6 Å². The number of hydrogen-bond donors (Lipinski definition) is 2. The number of nitrogens with one attached hydrogen (secondary N) is 1. The summed E-state index contributed by atoms with van der Waals surface area (Å²) < 4.78 is 29.0. The molecule has 0 saturated heterocycles. The molecule has 0 saturated carbocycles. The zero-order valence-corrected chi connectivity index (χ0v) is 12.6. The van der Waals surface area contributed by atoms with Gasteiger partial charge in [-0.25, -0.2) is 13.1 Å². The number of nitrogens with two attached hydrogens (primary N) is 1. The Labute approximate surface area is 119 Å². The summed E-state index contributed by atoms with van der Waals surface area (Å²) in [6.07, 6.45) is 1.75. The second-order valence-corrected chi connectivity index (χ2v) is 6.64. The largest absolute Gasteiger partial charge is 0.398 e. The van der Waals surface area contributed by atoms with Crippen LogP contribution < -0.4 is 10.5 Å². The van der Waals surface area contributed by atoms with Gasteiger partial charge >= 0.3 is 0 Å². The molecular formula is C11H13BrN4O2S. The van der Waals surface area contributed by atoms with Gasteiger partial charge in [-0.05, 0) is 24.3 Å². The summed E-state index contributed by atoms with van der Waals surface area (Å²) in [5, 5.41) is 4.10. The van der Waals surface area contributed by atoms with E-state index in [2.05, 4.69) is 25.8 Å². The van der Waals surface area contributed by atoms with E-state index < -0.39 is 10.0 Å². The third-order valence-corrected chi connectivity index (χ3v) is 4.43. The first-order valence-corrected chi connectivity index (χ1v) is 7.69. The number of aryl methyl sites for hydroxylation is 1. The van der Waals surface area contributed by atoms with Gasteiger partial charge in [-0.2, -0.15) is 5.10 Å². The Balaban J connectivity index is 2.20. The van der Waals surface area contributed by atoms with Crippen LogP contribution in [0.5, 0.6) is 0 Å². The summed E-state index contributed by atoms with van der Waals surface area (Å²) >= 11 is 3.22. The van der Waals surface area contributed by atoms with Crippen molar-refractivity contribution in [3.8, 4) is 0 Å². The fourth-order valence-electron chi connectivity index (χ4n) is 1.55. The molecule has 0 amide bonds. The quantitative estimate of drug-likeness (QED) is 0.816. The summed E-state index contributed by atoms with van der Waals surface area (Å²) in [6.45, 7) is 0.120. The highest BCUT2D eigenvalue weighted by atomic mass is 79.9. The standard InChI is InChI=1S/C11H13BrN4O2S/c1-16-5-4-9(15-16)7-14-19(17,18)11-6-8(12)2-3-10(11)13/h2-6,14H,7,13H2,1H3. The van der Waals surface area contributed by atoms with Gasteiger partial charge in [0.2, 0.25) is 10.0 Å². The predicted molar refractivity (Wildman–Crippen MR) is 75.8 cm³/mol. The Morgan fingerprint density at radius 2 is 2.16 bits per heavy atom. The highest BCUT2D eigenvalue weighted by molar-refractivity contribution is 9.10. The molecule has 3 N–H and O–H groups in total. The second-order valence-electron chi connectivity index (χ2n) is 3.99. The molecule has 0 radical (unpaired) electrons. The van der Waals surface area contributed by atoms with Crippen molar-refractivity contribution in [3.63, 3.8) is 0 Å². The van der Waals surface area contributed by atoms with E-state index in [9.17, 15) is 8.42 Å². The van der Waals surface area contributed by atoms with E-state index in [0.717, 1.165) is 0 Å². The molecule has 0 aliphatic carbocycles. The molecule has 6 nitrogen and oxygen atoms in total. The Hall–Kier alpha value is -1.38. The number of hydrogen-bond acceptors (Lipinski definition) is 4. The zero-order valence-electron chi connectivity index (χ0n) is 10.2. The third kappa shape index (κ3) is 3.34. The van der Waals surface area contributed by atoms with E-state index in [1.54, 1.807) is 36.1 Å². The van der Waals surface area contributed by atoms with Gasteiger partial charge in [0, 0.05) is 17.7 Å². The van der Waals surface area contributed by atoms with Gasteiger partial charge in [-0.1, -0.05) is 15.9 Å². The summed E-state index contributed by atoms with van der Waals surface area (Å²) in [5.74, 6) is 0. The minimum Gasteiger partial charge on any atom is -0.398 e. The Morgan fingerprint density at radius 1 is 1.42 bits per heavy atom. The van der Waals surface area contributed by atoms with E-state index in [-0.39, 0.29) is 17.1 Å². The molecule has 19 heavy (non-hydrogen) atoms. The van der Waals surface area contributed by atoms with E-state index in [0.29, 0.717) is 10.2 Å². The summed E-state index contributed by atoms with van der Waals surface area (Å²) in [5.41, 5.74) is 6.53. The predicted octanol–water partition coefficient (Wildman–Crippen LogP) is 1.24. The second kappa shape index (κ2) is 5.32. The molecule has 0 bridgehead atoms. The van der Waals surface area contributed by atoms with Crippen molar-refractivity contribution in [1.29, 1.82) is 0 Å². The number of halogens is 1. The maximum absolute atomic E-state index is 12.1. The molecule has 1 heterocycles. The molecule has 8 heteroatoms. The van der Waals surface area contributed by atoms with Crippen LogP contribution in [0.15, 0.2) is 39.8 Å². The molecule has 2 aromatic rings. The molecule has 2 rings (SSSR count). The van der Waals surface area contributed by atoms with Crippen LogP contribution in [0.2, 0.25) is 0 Å². The molecule has 1 aromatic heterocycles. The van der Waals surface area contributed by atoms with Crippen molar-refractivity contribution in [2.24, 2.45) is 7.05 Å². The van der Waals surface area contributed by atoms with E-state index in [1.807, 2.05) is 0 Å².